The zero-order valence-corrected chi connectivity index (χ0v) is 35.6. The van der Waals surface area contributed by atoms with Gasteiger partial charge in [-0.05, 0) is 63.9 Å². The minimum Gasteiger partial charge on any atom is -0.498 e. The van der Waals surface area contributed by atoms with Gasteiger partial charge in [0.1, 0.15) is 19.8 Å². The minimum atomic E-state index is -4.30. The van der Waals surface area contributed by atoms with E-state index in [1.165, 1.54) is 96.3 Å². The highest BCUT2D eigenvalue weighted by atomic mass is 31.2. The number of likely N-dealkylation sites (N-methyl/N-ethyl adjacent to an activating group) is 1. The van der Waals surface area contributed by atoms with Gasteiger partial charge in [0.05, 0.1) is 34.0 Å². The summed E-state index contributed by atoms with van der Waals surface area (Å²) in [5.74, 6) is -0.391. The van der Waals surface area contributed by atoms with Crippen molar-refractivity contribution in [2.24, 2.45) is 0 Å². The molecule has 308 valence electrons. The number of phosphoric acid groups is 1. The fourth-order valence-corrected chi connectivity index (χ4v) is 6.07. The lowest BCUT2D eigenvalue weighted by molar-refractivity contribution is -0.870. The molecule has 1 unspecified atom stereocenters. The molecule has 0 aliphatic heterocycles. The molecule has 0 aliphatic rings. The second-order valence-corrected chi connectivity index (χ2v) is 16.5. The lowest BCUT2D eigenvalue weighted by Gasteiger charge is -2.24. The van der Waals surface area contributed by atoms with Crippen LogP contribution in [0.1, 0.15) is 162 Å². The molecule has 8 nitrogen and oxygen atoms in total. The summed E-state index contributed by atoms with van der Waals surface area (Å²) in [6.45, 7) is 4.83. The molecule has 0 radical (unpaired) electrons. The SMILES string of the molecule is CCCCC/C=C\C/C=C\C/C=C\C/C=C\CCCC(=O)O[C@H](CO/C=C/CCCCCCCCCCCCCC)COP(=O)(O)OCC[N+](C)(C)C. The van der Waals surface area contributed by atoms with Crippen molar-refractivity contribution < 1.29 is 37.3 Å². The van der Waals surface area contributed by atoms with Crippen molar-refractivity contribution >= 4 is 13.8 Å². The van der Waals surface area contributed by atoms with Crippen LogP contribution in [0.25, 0.3) is 0 Å². The Labute approximate surface area is 326 Å². The van der Waals surface area contributed by atoms with Crippen molar-refractivity contribution in [3.63, 3.8) is 0 Å². The average molecular weight is 767 g/mol. The Morgan fingerprint density at radius 2 is 1.06 bits per heavy atom. The van der Waals surface area contributed by atoms with Crippen molar-refractivity contribution in [1.82, 2.24) is 0 Å². The Kier molecular flexibility index (Phi) is 35.6. The molecule has 0 aromatic heterocycles. The molecule has 0 rings (SSSR count). The van der Waals surface area contributed by atoms with Crippen LogP contribution in [-0.4, -0.2) is 69.0 Å². The van der Waals surface area contributed by atoms with E-state index in [0.717, 1.165) is 38.5 Å². The minimum absolute atomic E-state index is 0.0245. The van der Waals surface area contributed by atoms with E-state index in [9.17, 15) is 14.3 Å². The highest BCUT2D eigenvalue weighted by Crippen LogP contribution is 2.43. The number of nitrogens with zero attached hydrogens (tertiary/aromatic N) is 1. The fraction of sp³-hybridized carbons (Fsp3) is 0.750. The van der Waals surface area contributed by atoms with Gasteiger partial charge in [0.25, 0.3) is 0 Å². The van der Waals surface area contributed by atoms with Crippen LogP contribution < -0.4 is 0 Å². The van der Waals surface area contributed by atoms with Gasteiger partial charge in [-0.3, -0.25) is 13.8 Å². The molecule has 1 N–H and O–H groups in total. The molecule has 53 heavy (non-hydrogen) atoms. The lowest BCUT2D eigenvalue weighted by atomic mass is 10.0. The van der Waals surface area contributed by atoms with Crippen molar-refractivity contribution in [3.8, 4) is 0 Å². The van der Waals surface area contributed by atoms with Crippen molar-refractivity contribution in [1.29, 1.82) is 0 Å². The topological polar surface area (TPSA) is 91.3 Å². The first-order valence-electron chi connectivity index (χ1n) is 21.1. The number of rotatable bonds is 38. The molecule has 0 fully saturated rings. The number of hydrogen-bond donors (Lipinski definition) is 1. The Morgan fingerprint density at radius 1 is 0.604 bits per heavy atom. The number of esters is 1. The Balaban J connectivity index is 4.43. The number of carbonyl (C=O) groups excluding carboxylic acids is 1. The number of unbranched alkanes of at least 4 members (excludes halogenated alkanes) is 16. The van der Waals surface area contributed by atoms with Crippen LogP contribution in [-0.2, 0) is 27.9 Å². The molecule has 0 heterocycles. The van der Waals surface area contributed by atoms with Gasteiger partial charge in [-0.2, -0.15) is 0 Å². The van der Waals surface area contributed by atoms with E-state index in [-0.39, 0.29) is 26.2 Å². The van der Waals surface area contributed by atoms with Crippen LogP contribution in [0.4, 0.5) is 0 Å². The maximum absolute atomic E-state index is 12.6. The van der Waals surface area contributed by atoms with Crippen molar-refractivity contribution in [3.05, 3.63) is 60.9 Å². The first-order chi connectivity index (χ1) is 25.6. The summed E-state index contributed by atoms with van der Waals surface area (Å²) in [4.78, 5) is 22.8. The standard InChI is InChI=1S/C44H80NO7P/c1-6-8-10-12-14-16-18-20-22-23-24-25-27-29-31-33-35-37-44(46)52-43(42-51-53(47,48)50-40-38-45(3,4)5)41-49-39-36-34-32-30-28-26-21-19-17-15-13-11-9-7-2/h14,16,20,22,24-25,29,31,36,39,43H,6-13,15,17-19,21,23,26-28,30,32-35,37-38,40-42H2,1-5H3/p+1/b16-14-,22-20-,25-24-,31-29-,39-36+/t43-/m1/s1. The molecule has 0 bridgehead atoms. The molecule has 0 saturated heterocycles. The highest BCUT2D eigenvalue weighted by Gasteiger charge is 2.26. The van der Waals surface area contributed by atoms with Gasteiger partial charge in [0.15, 0.2) is 6.10 Å². The first kappa shape index (κ1) is 51.0. The van der Waals surface area contributed by atoms with Crippen LogP contribution in [0.15, 0.2) is 60.9 Å². The molecule has 2 atom stereocenters. The summed E-state index contributed by atoms with van der Waals surface area (Å²) in [6, 6.07) is 0. The third-order valence-corrected chi connectivity index (χ3v) is 9.63. The number of ether oxygens (including phenoxy) is 2. The largest absolute Gasteiger partial charge is 0.498 e. The molecule has 0 aromatic rings. The van der Waals surface area contributed by atoms with Gasteiger partial charge >= 0.3 is 13.8 Å². The van der Waals surface area contributed by atoms with Crippen molar-refractivity contribution in [2.45, 2.75) is 168 Å². The number of phosphoric ester groups is 1. The third kappa shape index (κ3) is 41.1. The second-order valence-electron chi connectivity index (χ2n) is 15.1. The second kappa shape index (κ2) is 37.0. The van der Waals surface area contributed by atoms with E-state index in [4.69, 9.17) is 18.5 Å². The summed E-state index contributed by atoms with van der Waals surface area (Å²) < 4.78 is 34.6. The van der Waals surface area contributed by atoms with Gasteiger partial charge in [-0.25, -0.2) is 4.57 Å². The van der Waals surface area contributed by atoms with Crippen LogP contribution in [0.5, 0.6) is 0 Å². The van der Waals surface area contributed by atoms with Gasteiger partial charge in [0, 0.05) is 6.42 Å². The van der Waals surface area contributed by atoms with Crippen molar-refractivity contribution in [2.75, 3.05) is 47.5 Å². The average Bonchev–Trinajstić information content (AvgIpc) is 3.11. The first-order valence-corrected chi connectivity index (χ1v) is 22.6. The monoisotopic (exact) mass is 767 g/mol. The maximum Gasteiger partial charge on any atom is 0.472 e. The predicted octanol–water partition coefficient (Wildman–Crippen LogP) is 12.5. The Bertz CT molecular complexity index is 1030. The molecule has 0 aliphatic carbocycles. The smallest absolute Gasteiger partial charge is 0.472 e. The van der Waals surface area contributed by atoms with E-state index in [0.29, 0.717) is 17.4 Å². The molecular formula is C44H81NO7P+. The molecule has 0 aromatic carbocycles. The van der Waals surface area contributed by atoms with E-state index >= 15 is 0 Å². The van der Waals surface area contributed by atoms with Crippen LogP contribution in [0.2, 0.25) is 0 Å². The van der Waals surface area contributed by atoms with E-state index in [2.05, 4.69) is 62.5 Å². The van der Waals surface area contributed by atoms with Gasteiger partial charge in [-0.15, -0.1) is 0 Å². The highest BCUT2D eigenvalue weighted by molar-refractivity contribution is 7.47. The van der Waals surface area contributed by atoms with Crippen LogP contribution in [0.3, 0.4) is 0 Å². The third-order valence-electron chi connectivity index (χ3n) is 8.65. The fourth-order valence-electron chi connectivity index (χ4n) is 5.33. The lowest BCUT2D eigenvalue weighted by Crippen LogP contribution is -2.37. The summed E-state index contributed by atoms with van der Waals surface area (Å²) in [5.41, 5.74) is 0. The molecular weight excluding hydrogens is 685 g/mol. The van der Waals surface area contributed by atoms with E-state index in [1.54, 1.807) is 6.26 Å². The van der Waals surface area contributed by atoms with Gasteiger partial charge < -0.3 is 18.9 Å². The normalized spacial score (nSPS) is 14.4. The molecule has 0 spiro atoms. The molecule has 0 amide bonds. The van der Waals surface area contributed by atoms with Crippen LogP contribution in [0, 0.1) is 0 Å². The zero-order chi connectivity index (χ0) is 39.1. The quantitative estimate of drug-likeness (QED) is 0.0167. The number of allylic oxidation sites excluding steroid dienone is 9. The predicted molar refractivity (Wildman–Crippen MR) is 224 cm³/mol. The molecule has 9 heteroatoms. The summed E-state index contributed by atoms with van der Waals surface area (Å²) in [6.07, 6.45) is 46.4. The van der Waals surface area contributed by atoms with E-state index in [1.807, 2.05) is 27.2 Å². The van der Waals surface area contributed by atoms with Gasteiger partial charge in [0.2, 0.25) is 0 Å². The maximum atomic E-state index is 12.6. The summed E-state index contributed by atoms with van der Waals surface area (Å²) in [7, 11) is 1.59. The van der Waals surface area contributed by atoms with Crippen LogP contribution >= 0.6 is 7.82 Å². The summed E-state index contributed by atoms with van der Waals surface area (Å²) >= 11 is 0. The number of hydrogen-bond acceptors (Lipinski definition) is 6. The van der Waals surface area contributed by atoms with E-state index < -0.39 is 19.9 Å². The summed E-state index contributed by atoms with van der Waals surface area (Å²) in [5, 5.41) is 0. The molecule has 0 saturated carbocycles. The Morgan fingerprint density at radius 3 is 1.60 bits per heavy atom. The number of quaternary nitrogens is 1. The van der Waals surface area contributed by atoms with Gasteiger partial charge in [-0.1, -0.05) is 146 Å². The zero-order valence-electron chi connectivity index (χ0n) is 34.7. The number of carbonyl (C=O) groups is 1. The Hall–Kier alpha value is -1.96.